The summed E-state index contributed by atoms with van der Waals surface area (Å²) in [6, 6.07) is 3.17. The van der Waals surface area contributed by atoms with Crippen LogP contribution in [-0.2, 0) is 0 Å². The van der Waals surface area contributed by atoms with Crippen LogP contribution in [0.3, 0.4) is 0 Å². The fraction of sp³-hybridized carbons (Fsp3) is 0.188. The molecular formula is C16H8F3N3S. The molecule has 0 aromatic carbocycles. The molecule has 1 unspecified atom stereocenters. The first-order valence-electron chi connectivity index (χ1n) is 6.63. The van der Waals surface area contributed by atoms with Crippen LogP contribution in [-0.4, -0.2) is 11.9 Å². The molecular weight excluding hydrogens is 323 g/mol. The van der Waals surface area contributed by atoms with Crippen LogP contribution in [0.15, 0.2) is 62.0 Å². The standard InChI is InChI=1S/C16H8F3N3S/c17-16(18,19)10-5-6-12-15(14(10)9(7-20)8-21)23-13-4-2-1-3-11(13)22-12/h1,3-6,10H,2H2. The maximum absolute atomic E-state index is 13.3. The van der Waals surface area contributed by atoms with Crippen LogP contribution in [0, 0.1) is 28.6 Å². The second-order valence-electron chi connectivity index (χ2n) is 4.91. The Bertz CT molecular complexity index is 823. The van der Waals surface area contributed by atoms with Gasteiger partial charge in [-0.2, -0.15) is 23.7 Å². The molecule has 0 spiro atoms. The summed E-state index contributed by atoms with van der Waals surface area (Å²) in [7, 11) is 0. The number of halogens is 3. The molecule has 0 bridgehead atoms. The minimum Gasteiger partial charge on any atom is -0.247 e. The summed E-state index contributed by atoms with van der Waals surface area (Å²) in [5.74, 6) is -1.97. The highest BCUT2D eigenvalue weighted by Gasteiger charge is 2.45. The van der Waals surface area contributed by atoms with Crippen LogP contribution in [0.5, 0.6) is 0 Å². The number of nitrogens with zero attached hydrogens (tertiary/aromatic N) is 3. The summed E-state index contributed by atoms with van der Waals surface area (Å²) in [5, 5.41) is 18.1. The van der Waals surface area contributed by atoms with Gasteiger partial charge in [-0.15, -0.1) is 0 Å². The number of allylic oxidation sites excluding steroid dienone is 8. The number of fused-ring (bicyclic) bond motifs is 1. The van der Waals surface area contributed by atoms with Gasteiger partial charge in [0.25, 0.3) is 0 Å². The molecule has 0 saturated carbocycles. The van der Waals surface area contributed by atoms with Crippen molar-refractivity contribution in [1.29, 1.82) is 10.5 Å². The van der Waals surface area contributed by atoms with Crippen LogP contribution < -0.4 is 0 Å². The van der Waals surface area contributed by atoms with Crippen molar-refractivity contribution < 1.29 is 13.2 Å². The zero-order chi connectivity index (χ0) is 16.6. The highest BCUT2D eigenvalue weighted by molar-refractivity contribution is 8.08. The Kier molecular flexibility index (Phi) is 3.75. The monoisotopic (exact) mass is 331 g/mol. The lowest BCUT2D eigenvalue weighted by atomic mass is 9.89. The van der Waals surface area contributed by atoms with Gasteiger partial charge in [-0.3, -0.25) is 0 Å². The van der Waals surface area contributed by atoms with E-state index in [-0.39, 0.29) is 10.5 Å². The van der Waals surface area contributed by atoms with Crippen molar-refractivity contribution in [3.8, 4) is 12.1 Å². The van der Waals surface area contributed by atoms with Gasteiger partial charge in [0, 0.05) is 15.4 Å². The van der Waals surface area contributed by atoms with E-state index in [0.717, 1.165) is 22.7 Å². The minimum absolute atomic E-state index is 0.234. The number of rotatable bonds is 0. The Morgan fingerprint density at radius 1 is 1.26 bits per heavy atom. The average molecular weight is 331 g/mol. The summed E-state index contributed by atoms with van der Waals surface area (Å²) in [4.78, 5) is 5.34. The quantitative estimate of drug-likeness (QED) is 0.621. The molecule has 0 aromatic heterocycles. The van der Waals surface area contributed by atoms with Crippen molar-refractivity contribution >= 4 is 17.5 Å². The molecule has 0 aromatic rings. The van der Waals surface area contributed by atoms with Crippen LogP contribution in [0.1, 0.15) is 6.42 Å². The predicted octanol–water partition coefficient (Wildman–Crippen LogP) is 4.32. The number of aliphatic imine (C=N–C) groups is 1. The Morgan fingerprint density at radius 3 is 2.65 bits per heavy atom. The van der Waals surface area contributed by atoms with Gasteiger partial charge < -0.3 is 0 Å². The molecule has 3 rings (SSSR count). The molecule has 1 atom stereocenters. The van der Waals surface area contributed by atoms with Crippen molar-refractivity contribution in [3.05, 3.63) is 57.0 Å². The topological polar surface area (TPSA) is 59.9 Å². The first-order valence-corrected chi connectivity index (χ1v) is 7.45. The molecule has 114 valence electrons. The molecule has 2 aliphatic carbocycles. The van der Waals surface area contributed by atoms with Crippen LogP contribution in [0.4, 0.5) is 13.2 Å². The van der Waals surface area contributed by atoms with E-state index in [1.807, 2.05) is 18.2 Å². The van der Waals surface area contributed by atoms with E-state index in [1.165, 1.54) is 6.08 Å². The van der Waals surface area contributed by atoms with Gasteiger partial charge in [-0.25, -0.2) is 4.99 Å². The Morgan fingerprint density at radius 2 is 2.00 bits per heavy atom. The molecule has 0 N–H and O–H groups in total. The van der Waals surface area contributed by atoms with Gasteiger partial charge in [-0.1, -0.05) is 30.0 Å². The summed E-state index contributed by atoms with van der Waals surface area (Å²) >= 11 is 1.13. The van der Waals surface area contributed by atoms with E-state index in [4.69, 9.17) is 10.5 Å². The van der Waals surface area contributed by atoms with Gasteiger partial charge in [-0.05, 0) is 18.6 Å². The Balaban J connectivity index is 2.22. The lowest BCUT2D eigenvalue weighted by Crippen LogP contribution is -2.27. The van der Waals surface area contributed by atoms with Crippen molar-refractivity contribution in [2.45, 2.75) is 12.6 Å². The normalized spacial score (nSPS) is 22.5. The smallest absolute Gasteiger partial charge is 0.247 e. The third-order valence-corrected chi connectivity index (χ3v) is 4.73. The van der Waals surface area contributed by atoms with E-state index in [1.54, 1.807) is 12.1 Å². The zero-order valence-corrected chi connectivity index (χ0v) is 12.4. The van der Waals surface area contributed by atoms with Gasteiger partial charge in [0.1, 0.15) is 23.6 Å². The summed E-state index contributed by atoms with van der Waals surface area (Å²) in [6.45, 7) is 0. The maximum atomic E-state index is 13.3. The third kappa shape index (κ3) is 2.64. The van der Waals surface area contributed by atoms with Gasteiger partial charge in [0.05, 0.1) is 11.4 Å². The van der Waals surface area contributed by atoms with Crippen LogP contribution in [0.2, 0.25) is 0 Å². The highest BCUT2D eigenvalue weighted by Crippen LogP contribution is 2.49. The van der Waals surface area contributed by atoms with E-state index in [0.29, 0.717) is 17.8 Å². The molecule has 1 aliphatic heterocycles. The fourth-order valence-corrected chi connectivity index (χ4v) is 3.66. The summed E-state index contributed by atoms with van der Waals surface area (Å²) in [6.07, 6.45) is 3.95. The molecule has 23 heavy (non-hydrogen) atoms. The van der Waals surface area contributed by atoms with Crippen molar-refractivity contribution in [3.63, 3.8) is 0 Å². The molecule has 0 radical (unpaired) electrons. The van der Waals surface area contributed by atoms with Gasteiger partial charge in [0.15, 0.2) is 0 Å². The van der Waals surface area contributed by atoms with Crippen LogP contribution >= 0.6 is 11.8 Å². The van der Waals surface area contributed by atoms with E-state index in [9.17, 15) is 13.2 Å². The Labute approximate surface area is 134 Å². The van der Waals surface area contributed by atoms with Gasteiger partial charge in [0.2, 0.25) is 0 Å². The van der Waals surface area contributed by atoms with E-state index in [2.05, 4.69) is 4.99 Å². The number of alkyl halides is 3. The largest absolute Gasteiger partial charge is 0.399 e. The summed E-state index contributed by atoms with van der Waals surface area (Å²) < 4.78 is 40.0. The highest BCUT2D eigenvalue weighted by atomic mass is 32.2. The molecule has 7 heteroatoms. The first kappa shape index (κ1) is 15.4. The van der Waals surface area contributed by atoms with Crippen LogP contribution in [0.25, 0.3) is 0 Å². The minimum atomic E-state index is -4.57. The molecule has 3 nitrogen and oxygen atoms in total. The first-order chi connectivity index (χ1) is 11.0. The zero-order valence-electron chi connectivity index (χ0n) is 11.6. The average Bonchev–Trinajstić information content (AvgIpc) is 2.53. The van der Waals surface area contributed by atoms with E-state index < -0.39 is 17.7 Å². The predicted molar refractivity (Wildman–Crippen MR) is 80.8 cm³/mol. The molecule has 0 amide bonds. The fourth-order valence-electron chi connectivity index (χ4n) is 2.49. The SMILES string of the molecule is N#CC(C#N)=C1C2=C(C=CC1C(F)(F)F)N=C1C=CCC=C1S2. The molecule has 0 fully saturated rings. The number of hydrogen-bond acceptors (Lipinski definition) is 4. The molecule has 1 heterocycles. The number of hydrogen-bond donors (Lipinski definition) is 0. The second-order valence-corrected chi connectivity index (χ2v) is 5.96. The maximum Gasteiger partial charge on any atom is 0.399 e. The number of thioether (sulfide) groups is 1. The Hall–Kier alpha value is -2.51. The number of nitriles is 2. The van der Waals surface area contributed by atoms with E-state index >= 15 is 0 Å². The summed E-state index contributed by atoms with van der Waals surface area (Å²) in [5.41, 5.74) is 0.211. The van der Waals surface area contributed by atoms with Crippen molar-refractivity contribution in [2.24, 2.45) is 10.9 Å². The lowest BCUT2D eigenvalue weighted by molar-refractivity contribution is -0.151. The van der Waals surface area contributed by atoms with Crippen molar-refractivity contribution in [2.75, 3.05) is 0 Å². The van der Waals surface area contributed by atoms with Crippen molar-refractivity contribution in [1.82, 2.24) is 0 Å². The molecule has 3 aliphatic rings. The van der Waals surface area contributed by atoms with Gasteiger partial charge >= 0.3 is 6.18 Å². The molecule has 0 saturated heterocycles. The second kappa shape index (κ2) is 5.60. The third-order valence-electron chi connectivity index (χ3n) is 3.50. The lowest BCUT2D eigenvalue weighted by Gasteiger charge is -2.29.